The quantitative estimate of drug-likeness (QED) is 0.234. The monoisotopic (exact) mass is 594 g/mol. The topological polar surface area (TPSA) is 86.6 Å². The molecule has 4 aliphatic rings. The summed E-state index contributed by atoms with van der Waals surface area (Å²) in [6.07, 6.45) is 15.9. The van der Waals surface area contributed by atoms with Crippen molar-refractivity contribution >= 4 is 27.5 Å². The van der Waals surface area contributed by atoms with E-state index in [9.17, 15) is 9.50 Å². The van der Waals surface area contributed by atoms with Crippen LogP contribution < -0.4 is 15.0 Å². The summed E-state index contributed by atoms with van der Waals surface area (Å²) in [7, 11) is 0. The number of piperazine rings is 1. The molecule has 1 aliphatic carbocycles. The molecule has 0 spiro atoms. The van der Waals surface area contributed by atoms with Crippen LogP contribution in [0, 0.1) is 29.4 Å². The lowest BCUT2D eigenvalue weighted by Crippen LogP contribution is -2.51. The van der Waals surface area contributed by atoms with Gasteiger partial charge in [0.15, 0.2) is 5.82 Å². The van der Waals surface area contributed by atoms with Crippen LogP contribution in [0.2, 0.25) is 0 Å². The largest absolute Gasteiger partial charge is 0.508 e. The predicted molar refractivity (Wildman–Crippen MR) is 165 cm³/mol. The number of anilines is 1. The third-order valence-electron chi connectivity index (χ3n) is 9.53. The maximum absolute atomic E-state index is 16.7. The van der Waals surface area contributed by atoms with Gasteiger partial charge in [-0.15, -0.1) is 6.42 Å². The normalized spacial score (nSPS) is 22.2. The third kappa shape index (κ3) is 4.71. The number of phenolic OH excluding ortho intramolecular Hbond substituents is 1. The van der Waals surface area contributed by atoms with E-state index in [1.807, 2.05) is 0 Å². The Morgan fingerprint density at radius 2 is 1.86 bits per heavy atom. The van der Waals surface area contributed by atoms with Crippen molar-refractivity contribution in [2.24, 2.45) is 5.41 Å². The van der Waals surface area contributed by atoms with Crippen LogP contribution in [0.3, 0.4) is 0 Å². The molecule has 1 saturated carbocycles. The van der Waals surface area contributed by atoms with Gasteiger partial charge >= 0.3 is 6.01 Å². The maximum atomic E-state index is 16.7. The maximum Gasteiger partial charge on any atom is 0.319 e. The molecule has 2 aromatic heterocycles. The molecule has 2 N–H and O–H groups in total. The molecule has 10 heteroatoms. The molecule has 2 bridgehead atoms. The van der Waals surface area contributed by atoms with E-state index < -0.39 is 11.6 Å². The summed E-state index contributed by atoms with van der Waals surface area (Å²) in [6, 6.07) is 6.36. The Hall–Kier alpha value is -4.33. The molecule has 2 saturated heterocycles. The zero-order chi connectivity index (χ0) is 30.0. The van der Waals surface area contributed by atoms with Crippen molar-refractivity contribution in [3.8, 4) is 35.4 Å². The van der Waals surface area contributed by atoms with Crippen molar-refractivity contribution in [1.29, 1.82) is 0 Å². The summed E-state index contributed by atoms with van der Waals surface area (Å²) >= 11 is 0. The first-order valence-corrected chi connectivity index (χ1v) is 15.2. The Kier molecular flexibility index (Phi) is 6.43. The predicted octanol–water partition coefficient (Wildman–Crippen LogP) is 4.78. The molecular formula is C34H32F2N6O2. The SMILES string of the molecule is C#Cc1c(F)ccc2cc(O)cc(-c3ncc4c(N5CC6CCC(C5)N6)nc(OCC5(CN6CC=CC6)CC5)nc4c3F)c12. The van der Waals surface area contributed by atoms with Crippen molar-refractivity contribution in [3.05, 3.63) is 59.8 Å². The number of halogens is 2. The fourth-order valence-electron chi connectivity index (χ4n) is 7.11. The third-order valence-corrected chi connectivity index (χ3v) is 9.53. The molecule has 2 aromatic carbocycles. The van der Waals surface area contributed by atoms with Gasteiger partial charge in [-0.3, -0.25) is 9.88 Å². The summed E-state index contributed by atoms with van der Waals surface area (Å²) in [6.45, 7) is 4.74. The lowest BCUT2D eigenvalue weighted by molar-refractivity contribution is 0.173. The van der Waals surface area contributed by atoms with Crippen LogP contribution in [0.5, 0.6) is 11.8 Å². The fraction of sp³-hybridized carbons (Fsp3) is 0.382. The second-order valence-electron chi connectivity index (χ2n) is 12.7. The van der Waals surface area contributed by atoms with Crippen LogP contribution in [-0.2, 0) is 0 Å². The lowest BCUT2D eigenvalue weighted by Gasteiger charge is -2.34. The van der Waals surface area contributed by atoms with E-state index in [0.717, 1.165) is 58.4 Å². The molecule has 3 aliphatic heterocycles. The van der Waals surface area contributed by atoms with Crippen molar-refractivity contribution in [2.45, 2.75) is 37.8 Å². The first-order valence-electron chi connectivity index (χ1n) is 15.2. The molecule has 0 radical (unpaired) electrons. The number of fused-ring (bicyclic) bond motifs is 4. The van der Waals surface area contributed by atoms with Gasteiger partial charge < -0.3 is 20.1 Å². The smallest absolute Gasteiger partial charge is 0.319 e. The van der Waals surface area contributed by atoms with E-state index in [4.69, 9.17) is 16.1 Å². The molecule has 2 atom stereocenters. The number of pyridine rings is 1. The van der Waals surface area contributed by atoms with Gasteiger partial charge in [-0.25, -0.2) is 8.78 Å². The average molecular weight is 595 g/mol. The van der Waals surface area contributed by atoms with Crippen LogP contribution in [0.1, 0.15) is 31.2 Å². The minimum absolute atomic E-state index is 0.0228. The van der Waals surface area contributed by atoms with Gasteiger partial charge in [0, 0.05) is 67.4 Å². The molecule has 8 nitrogen and oxygen atoms in total. The van der Waals surface area contributed by atoms with E-state index in [1.165, 1.54) is 24.3 Å². The summed E-state index contributed by atoms with van der Waals surface area (Å²) in [4.78, 5) is 18.5. The zero-order valence-electron chi connectivity index (χ0n) is 24.2. The Morgan fingerprint density at radius 3 is 2.59 bits per heavy atom. The second kappa shape index (κ2) is 10.4. The number of terminal acetylenes is 1. The molecule has 3 fully saturated rings. The van der Waals surface area contributed by atoms with Crippen LogP contribution in [0.25, 0.3) is 32.9 Å². The summed E-state index contributed by atoms with van der Waals surface area (Å²) in [5, 5.41) is 15.4. The number of nitrogens with zero attached hydrogens (tertiary/aromatic N) is 5. The number of aromatic hydroxyl groups is 1. The number of rotatable bonds is 7. The number of hydrogen-bond acceptors (Lipinski definition) is 8. The number of ether oxygens (including phenoxy) is 1. The van der Waals surface area contributed by atoms with E-state index in [0.29, 0.717) is 40.7 Å². The van der Waals surface area contributed by atoms with Gasteiger partial charge in [-0.1, -0.05) is 24.1 Å². The number of phenols is 1. The highest BCUT2D eigenvalue weighted by Crippen LogP contribution is 2.47. The highest BCUT2D eigenvalue weighted by Gasteiger charge is 2.45. The van der Waals surface area contributed by atoms with Gasteiger partial charge in [0.25, 0.3) is 0 Å². The van der Waals surface area contributed by atoms with Gasteiger partial charge in [-0.2, -0.15) is 9.97 Å². The van der Waals surface area contributed by atoms with Crippen molar-refractivity contribution < 1.29 is 18.6 Å². The van der Waals surface area contributed by atoms with E-state index >= 15 is 4.39 Å². The van der Waals surface area contributed by atoms with Crippen LogP contribution in [-0.4, -0.2) is 76.4 Å². The lowest BCUT2D eigenvalue weighted by atomic mass is 9.96. The van der Waals surface area contributed by atoms with Gasteiger partial charge in [-0.05, 0) is 49.3 Å². The van der Waals surface area contributed by atoms with Crippen molar-refractivity contribution in [1.82, 2.24) is 25.2 Å². The van der Waals surface area contributed by atoms with Crippen LogP contribution in [0.15, 0.2) is 42.6 Å². The zero-order valence-corrected chi connectivity index (χ0v) is 24.2. The van der Waals surface area contributed by atoms with Crippen molar-refractivity contribution in [2.75, 3.05) is 44.2 Å². The van der Waals surface area contributed by atoms with Crippen molar-refractivity contribution in [3.63, 3.8) is 0 Å². The fourth-order valence-corrected chi connectivity index (χ4v) is 7.11. The molecule has 2 unspecified atom stereocenters. The number of hydrogen-bond donors (Lipinski definition) is 2. The Bertz CT molecular complexity index is 1860. The second-order valence-corrected chi connectivity index (χ2v) is 12.7. The van der Waals surface area contributed by atoms with E-state index in [-0.39, 0.29) is 39.5 Å². The standard InChI is InChI=1S/C34H32F2N6O2/c1-2-24-27(35)8-5-20-13-23(43)14-25(28(20)24)30-29(36)31-26(15-37-30)32(42-16-21-6-7-22(17-42)38-21)40-33(39-31)44-19-34(9-10-34)18-41-11-3-4-12-41/h1,3-5,8,13-15,21-22,38,43H,6-7,9-12,16-19H2. The first-order chi connectivity index (χ1) is 21.4. The molecule has 0 amide bonds. The first kappa shape index (κ1) is 27.2. The summed E-state index contributed by atoms with van der Waals surface area (Å²) in [5.41, 5.74) is 0.175. The number of benzene rings is 2. The molecule has 4 aromatic rings. The molecule has 224 valence electrons. The van der Waals surface area contributed by atoms with E-state index in [1.54, 1.807) is 6.20 Å². The molecule has 8 rings (SSSR count). The summed E-state index contributed by atoms with van der Waals surface area (Å²) < 4.78 is 37.8. The Morgan fingerprint density at radius 1 is 1.09 bits per heavy atom. The van der Waals surface area contributed by atoms with Gasteiger partial charge in [0.1, 0.15) is 28.6 Å². The van der Waals surface area contributed by atoms with Crippen LogP contribution >= 0.6 is 0 Å². The minimum Gasteiger partial charge on any atom is -0.508 e. The van der Waals surface area contributed by atoms with E-state index in [2.05, 4.69) is 43.2 Å². The van der Waals surface area contributed by atoms with Gasteiger partial charge in [0.05, 0.1) is 17.6 Å². The molecule has 44 heavy (non-hydrogen) atoms. The Labute approximate surface area is 253 Å². The highest BCUT2D eigenvalue weighted by molar-refractivity contribution is 6.03. The highest BCUT2D eigenvalue weighted by atomic mass is 19.1. The molecule has 5 heterocycles. The van der Waals surface area contributed by atoms with Gasteiger partial charge in [0.2, 0.25) is 0 Å². The number of aromatic nitrogens is 3. The Balaban J connectivity index is 1.24. The minimum atomic E-state index is -0.711. The number of nitrogens with one attached hydrogen (secondary N) is 1. The molecular weight excluding hydrogens is 562 g/mol. The average Bonchev–Trinajstić information content (AvgIpc) is 3.42. The van der Waals surface area contributed by atoms with Crippen LogP contribution in [0.4, 0.5) is 14.6 Å². The summed E-state index contributed by atoms with van der Waals surface area (Å²) in [5.74, 6) is 1.54.